The zero-order chi connectivity index (χ0) is 21.5. The predicted octanol–water partition coefficient (Wildman–Crippen LogP) is 2.22. The molecule has 1 aromatic heterocycles. The lowest BCUT2D eigenvalue weighted by Gasteiger charge is -2.27. The minimum absolute atomic E-state index is 0.180. The van der Waals surface area contributed by atoms with Crippen LogP contribution in [0.4, 0.5) is 11.5 Å². The molecule has 2 heterocycles. The maximum atomic E-state index is 12.8. The Balaban J connectivity index is 1.38. The van der Waals surface area contributed by atoms with E-state index in [1.54, 1.807) is 42.5 Å². The summed E-state index contributed by atoms with van der Waals surface area (Å²) in [4.78, 5) is 55.8. The highest BCUT2D eigenvalue weighted by Gasteiger charge is 2.31. The lowest BCUT2D eigenvalue weighted by atomic mass is 9.84. The first kappa shape index (κ1) is 18.7. The molecule has 5 rings (SSSR count). The van der Waals surface area contributed by atoms with Gasteiger partial charge in [0.05, 0.1) is 0 Å². The Morgan fingerprint density at radius 1 is 0.935 bits per heavy atom. The van der Waals surface area contributed by atoms with E-state index in [4.69, 9.17) is 4.74 Å². The lowest BCUT2D eigenvalue weighted by Crippen LogP contribution is -2.44. The van der Waals surface area contributed by atoms with Gasteiger partial charge in [-0.3, -0.25) is 24.1 Å². The average Bonchev–Trinajstić information content (AvgIpc) is 2.79. The first-order valence-electron chi connectivity index (χ1n) is 9.53. The molecule has 3 aromatic rings. The molecule has 1 aliphatic heterocycles. The quantitative estimate of drug-likeness (QED) is 0.552. The lowest BCUT2D eigenvalue weighted by molar-refractivity contribution is -0.123. The number of amides is 2. The molecule has 31 heavy (non-hydrogen) atoms. The Morgan fingerprint density at radius 3 is 2.42 bits per heavy atom. The molecule has 2 aromatic carbocycles. The third-order valence-corrected chi connectivity index (χ3v) is 5.17. The third-order valence-electron chi connectivity index (χ3n) is 5.17. The Morgan fingerprint density at radius 2 is 1.65 bits per heavy atom. The van der Waals surface area contributed by atoms with Gasteiger partial charge in [0, 0.05) is 34.1 Å². The van der Waals surface area contributed by atoms with Crippen molar-refractivity contribution in [1.29, 1.82) is 0 Å². The first-order valence-corrected chi connectivity index (χ1v) is 9.53. The Bertz CT molecular complexity index is 1280. The van der Waals surface area contributed by atoms with E-state index in [1.165, 1.54) is 23.2 Å². The number of benzene rings is 2. The minimum Gasteiger partial charge on any atom is -0.480 e. The van der Waals surface area contributed by atoms with Gasteiger partial charge in [-0.2, -0.15) is 0 Å². The Hall–Kier alpha value is -4.33. The van der Waals surface area contributed by atoms with Crippen molar-refractivity contribution in [3.8, 4) is 5.75 Å². The number of pyridine rings is 1. The highest BCUT2D eigenvalue weighted by Crippen LogP contribution is 2.30. The van der Waals surface area contributed by atoms with Crippen molar-refractivity contribution >= 4 is 34.9 Å². The molecule has 0 fully saturated rings. The van der Waals surface area contributed by atoms with E-state index in [-0.39, 0.29) is 42.0 Å². The summed E-state index contributed by atoms with van der Waals surface area (Å²) in [6.45, 7) is -0.445. The number of rotatable bonds is 3. The van der Waals surface area contributed by atoms with Crippen LogP contribution in [0.15, 0.2) is 60.8 Å². The van der Waals surface area contributed by atoms with Gasteiger partial charge in [0.15, 0.2) is 29.7 Å². The summed E-state index contributed by atoms with van der Waals surface area (Å²) in [6.07, 6.45) is 1.51. The molecule has 0 spiro atoms. The molecule has 0 saturated carbocycles. The van der Waals surface area contributed by atoms with Crippen LogP contribution >= 0.6 is 0 Å². The largest absolute Gasteiger partial charge is 0.480 e. The van der Waals surface area contributed by atoms with Crippen molar-refractivity contribution in [3.63, 3.8) is 0 Å². The summed E-state index contributed by atoms with van der Waals surface area (Å²) in [5, 5.41) is 2.69. The van der Waals surface area contributed by atoms with E-state index in [2.05, 4.69) is 10.3 Å². The fourth-order valence-electron chi connectivity index (χ4n) is 3.72. The second-order valence-corrected chi connectivity index (χ2v) is 7.11. The molecule has 0 radical (unpaired) electrons. The van der Waals surface area contributed by atoms with Crippen LogP contribution in [0.3, 0.4) is 0 Å². The van der Waals surface area contributed by atoms with Gasteiger partial charge in [0.25, 0.3) is 5.91 Å². The van der Waals surface area contributed by atoms with Crippen LogP contribution in [0, 0.1) is 0 Å². The second-order valence-electron chi connectivity index (χ2n) is 7.11. The van der Waals surface area contributed by atoms with Crippen LogP contribution in [0.25, 0.3) is 0 Å². The standard InChI is InChI=1S/C23H15N3O5/c27-19(11-26-20(28)12-31-18-6-3-9-24-23(18)26)25-13-7-8-16-17(10-13)22(30)15-5-2-1-4-14(15)21(16)29/h1-10H,11-12H2,(H,25,27). The van der Waals surface area contributed by atoms with Crippen LogP contribution in [-0.2, 0) is 9.59 Å². The van der Waals surface area contributed by atoms with Gasteiger partial charge >= 0.3 is 0 Å². The summed E-state index contributed by atoms with van der Waals surface area (Å²) in [7, 11) is 0. The fourth-order valence-corrected chi connectivity index (χ4v) is 3.72. The maximum absolute atomic E-state index is 12.8. The molecular formula is C23H15N3O5. The van der Waals surface area contributed by atoms with Crippen molar-refractivity contribution in [2.75, 3.05) is 23.4 Å². The van der Waals surface area contributed by atoms with E-state index in [0.717, 1.165) is 0 Å². The number of carbonyl (C=O) groups excluding carboxylic acids is 4. The number of nitrogens with zero attached hydrogens (tertiary/aromatic N) is 2. The van der Waals surface area contributed by atoms with E-state index in [0.29, 0.717) is 28.1 Å². The summed E-state index contributed by atoms with van der Waals surface area (Å²) >= 11 is 0. The molecule has 8 heteroatoms. The highest BCUT2D eigenvalue weighted by molar-refractivity contribution is 6.28. The number of fused-ring (bicyclic) bond motifs is 3. The van der Waals surface area contributed by atoms with Crippen molar-refractivity contribution < 1.29 is 23.9 Å². The molecule has 2 aliphatic rings. The number of aromatic nitrogens is 1. The van der Waals surface area contributed by atoms with E-state index < -0.39 is 5.91 Å². The number of hydrogen-bond acceptors (Lipinski definition) is 6. The Kier molecular flexibility index (Phi) is 4.32. The molecule has 1 aliphatic carbocycles. The zero-order valence-electron chi connectivity index (χ0n) is 16.1. The van der Waals surface area contributed by atoms with Gasteiger partial charge in [-0.25, -0.2) is 4.98 Å². The number of nitrogens with one attached hydrogen (secondary N) is 1. The number of carbonyl (C=O) groups is 4. The van der Waals surface area contributed by atoms with E-state index in [1.807, 2.05) is 0 Å². The molecule has 2 amide bonds. The number of hydrogen-bond donors (Lipinski definition) is 1. The van der Waals surface area contributed by atoms with Crippen molar-refractivity contribution in [1.82, 2.24) is 4.98 Å². The van der Waals surface area contributed by atoms with Crippen LogP contribution in [0.2, 0.25) is 0 Å². The van der Waals surface area contributed by atoms with Gasteiger partial charge in [0.1, 0.15) is 6.54 Å². The monoisotopic (exact) mass is 413 g/mol. The second kappa shape index (κ2) is 7.17. The smallest absolute Gasteiger partial charge is 0.266 e. The molecular weight excluding hydrogens is 398 g/mol. The minimum atomic E-state index is -0.471. The number of ether oxygens (including phenoxy) is 1. The average molecular weight is 413 g/mol. The summed E-state index contributed by atoms with van der Waals surface area (Å²) < 4.78 is 5.32. The molecule has 0 bridgehead atoms. The molecule has 0 unspecified atom stereocenters. The van der Waals surface area contributed by atoms with Crippen LogP contribution in [0.1, 0.15) is 31.8 Å². The van der Waals surface area contributed by atoms with Gasteiger partial charge in [-0.05, 0) is 30.3 Å². The summed E-state index contributed by atoms with van der Waals surface area (Å²) in [5.74, 6) is -0.665. The zero-order valence-corrected chi connectivity index (χ0v) is 16.1. The van der Waals surface area contributed by atoms with Crippen molar-refractivity contribution in [2.24, 2.45) is 0 Å². The highest BCUT2D eigenvalue weighted by atomic mass is 16.5. The number of anilines is 2. The fraction of sp³-hybridized carbons (Fsp3) is 0.0870. The number of ketones is 2. The SMILES string of the molecule is O=C(CN1C(=O)COc2cccnc21)Nc1ccc2c(c1)C(=O)c1ccccc1C2=O. The maximum Gasteiger partial charge on any atom is 0.266 e. The molecule has 152 valence electrons. The third kappa shape index (κ3) is 3.14. The van der Waals surface area contributed by atoms with Crippen LogP contribution < -0.4 is 15.0 Å². The summed E-state index contributed by atoms with van der Waals surface area (Å²) in [6, 6.07) is 14.6. The molecule has 0 saturated heterocycles. The Labute approximate surface area is 176 Å². The molecule has 0 atom stereocenters. The van der Waals surface area contributed by atoms with Gasteiger partial charge in [0.2, 0.25) is 5.91 Å². The van der Waals surface area contributed by atoms with Gasteiger partial charge < -0.3 is 10.1 Å². The van der Waals surface area contributed by atoms with Gasteiger partial charge in [-0.1, -0.05) is 24.3 Å². The normalized spacial score (nSPS) is 14.3. The van der Waals surface area contributed by atoms with Crippen LogP contribution in [0.5, 0.6) is 5.75 Å². The van der Waals surface area contributed by atoms with Crippen molar-refractivity contribution in [3.05, 3.63) is 83.0 Å². The molecule has 1 N–H and O–H groups in total. The van der Waals surface area contributed by atoms with Gasteiger partial charge in [-0.15, -0.1) is 0 Å². The molecule has 8 nitrogen and oxygen atoms in total. The van der Waals surface area contributed by atoms with E-state index >= 15 is 0 Å². The predicted molar refractivity (Wildman–Crippen MR) is 110 cm³/mol. The van der Waals surface area contributed by atoms with Crippen molar-refractivity contribution in [2.45, 2.75) is 0 Å². The van der Waals surface area contributed by atoms with Crippen LogP contribution in [-0.4, -0.2) is 41.5 Å². The topological polar surface area (TPSA) is 106 Å². The van der Waals surface area contributed by atoms with E-state index in [9.17, 15) is 19.2 Å². The first-order chi connectivity index (χ1) is 15.0. The summed E-state index contributed by atoms with van der Waals surface area (Å²) in [5.41, 5.74) is 1.59.